The molecule has 1 aliphatic carbocycles. The molecule has 1 amide bonds. The zero-order valence-corrected chi connectivity index (χ0v) is 20.3. The number of aromatic nitrogens is 3. The van der Waals surface area contributed by atoms with Gasteiger partial charge in [0.15, 0.2) is 37.3 Å². The highest BCUT2D eigenvalue weighted by atomic mass is 79.9. The van der Waals surface area contributed by atoms with E-state index in [0.29, 0.717) is 58.3 Å². The van der Waals surface area contributed by atoms with Crippen LogP contribution in [0.5, 0.6) is 0 Å². The lowest BCUT2D eigenvalue weighted by atomic mass is 10.1. The van der Waals surface area contributed by atoms with Crippen LogP contribution in [0.4, 0.5) is 5.13 Å². The molecule has 2 aliphatic rings. The molecule has 0 radical (unpaired) electrons. The number of halogens is 1. The maximum absolute atomic E-state index is 13.1. The largest absolute Gasteiger partial charge is 0.389 e. The topological polar surface area (TPSA) is 133 Å². The predicted octanol–water partition coefficient (Wildman–Crippen LogP) is 2.93. The van der Waals surface area contributed by atoms with Gasteiger partial charge in [-0.05, 0) is 40.9 Å². The molecule has 3 heterocycles. The third kappa shape index (κ3) is 4.90. The summed E-state index contributed by atoms with van der Waals surface area (Å²) in [5.41, 5.74) is 0.825. The fourth-order valence-electron chi connectivity index (χ4n) is 3.23. The van der Waals surface area contributed by atoms with E-state index in [0.717, 1.165) is 0 Å². The van der Waals surface area contributed by atoms with Crippen LogP contribution in [0.2, 0.25) is 0 Å². The molecule has 172 valence electrons. The number of thiazole rings is 1. The van der Waals surface area contributed by atoms with E-state index in [-0.39, 0.29) is 22.0 Å². The van der Waals surface area contributed by atoms with Crippen LogP contribution in [0, 0.1) is 0 Å². The maximum atomic E-state index is 13.1. The summed E-state index contributed by atoms with van der Waals surface area (Å²) in [6.07, 6.45) is 3.30. The maximum Gasteiger partial charge on any atom is 0.280 e. The molecule has 1 aliphatic heterocycles. The Labute approximate surface area is 201 Å². The number of nitrogens with zero attached hydrogens (tertiary/aromatic N) is 4. The number of ether oxygens (including phenoxy) is 1. The van der Waals surface area contributed by atoms with Crippen LogP contribution in [-0.4, -0.2) is 59.6 Å². The summed E-state index contributed by atoms with van der Waals surface area (Å²) in [4.78, 5) is 32.2. The molecule has 1 saturated carbocycles. The molecule has 1 atom stereocenters. The number of oxime groups is 1. The van der Waals surface area contributed by atoms with Gasteiger partial charge in [0, 0.05) is 12.0 Å². The van der Waals surface area contributed by atoms with E-state index in [1.54, 1.807) is 12.1 Å². The molecule has 10 nitrogen and oxygen atoms in total. The van der Waals surface area contributed by atoms with E-state index < -0.39 is 15.7 Å². The van der Waals surface area contributed by atoms with Crippen LogP contribution >= 0.6 is 27.3 Å². The van der Waals surface area contributed by atoms with Crippen LogP contribution in [-0.2, 0) is 24.2 Å². The molecule has 0 bridgehead atoms. The first-order chi connectivity index (χ1) is 15.9. The van der Waals surface area contributed by atoms with E-state index in [9.17, 15) is 13.2 Å². The number of nitrogens with one attached hydrogen (secondary N) is 1. The van der Waals surface area contributed by atoms with Gasteiger partial charge in [0.25, 0.3) is 5.91 Å². The minimum absolute atomic E-state index is 0.00127. The summed E-state index contributed by atoms with van der Waals surface area (Å²) in [6.45, 7) is 0.956. The van der Waals surface area contributed by atoms with Gasteiger partial charge in [-0.15, -0.1) is 0 Å². The molecule has 13 heteroatoms. The van der Waals surface area contributed by atoms with Gasteiger partial charge in [-0.2, -0.15) is 4.98 Å². The molecular formula is C20H18BrN5O5S2. The number of amides is 1. The number of carbonyl (C=O) groups is 1. The minimum Gasteiger partial charge on any atom is -0.389 e. The standard InChI is InChI=1S/C20H18BrN5O5S2/c21-15-9-22-17-19(23-15)32-20(24-17)25-18(27)16(26-31-12-7-8-30-10-12)11-1-3-13(4-2-11)33(28,29)14-5-6-14/h1-4,9,12,14H,5-8,10H2,(H,22,24,25,27)/t12-/m1/s1. The van der Waals surface area contributed by atoms with Gasteiger partial charge in [0.2, 0.25) is 0 Å². The van der Waals surface area contributed by atoms with Crippen molar-refractivity contribution in [2.45, 2.75) is 35.5 Å². The Morgan fingerprint density at radius 3 is 2.70 bits per heavy atom. The summed E-state index contributed by atoms with van der Waals surface area (Å²) in [5, 5.41) is 6.79. The highest BCUT2D eigenvalue weighted by molar-refractivity contribution is 9.10. The van der Waals surface area contributed by atoms with Crippen molar-refractivity contribution in [3.05, 3.63) is 40.6 Å². The Morgan fingerprint density at radius 2 is 2.00 bits per heavy atom. The Kier molecular flexibility index (Phi) is 6.12. The first kappa shape index (κ1) is 22.3. The average molecular weight is 552 g/mol. The summed E-state index contributed by atoms with van der Waals surface area (Å²) in [6, 6.07) is 6.10. The minimum atomic E-state index is -3.34. The third-order valence-electron chi connectivity index (χ3n) is 5.13. The van der Waals surface area contributed by atoms with Crippen molar-refractivity contribution in [1.82, 2.24) is 15.0 Å². The number of benzene rings is 1. The van der Waals surface area contributed by atoms with Gasteiger partial charge in [-0.1, -0.05) is 28.6 Å². The summed E-state index contributed by atoms with van der Waals surface area (Å²) in [5.74, 6) is -0.551. The lowest BCUT2D eigenvalue weighted by molar-refractivity contribution is -0.110. The first-order valence-corrected chi connectivity index (χ1v) is 13.3. The van der Waals surface area contributed by atoms with Crippen molar-refractivity contribution in [1.29, 1.82) is 0 Å². The van der Waals surface area contributed by atoms with Gasteiger partial charge in [0.05, 0.1) is 29.6 Å². The lowest BCUT2D eigenvalue weighted by Gasteiger charge is -2.10. The molecule has 1 saturated heterocycles. The average Bonchev–Trinajstić information content (AvgIpc) is 3.40. The first-order valence-electron chi connectivity index (χ1n) is 10.2. The van der Waals surface area contributed by atoms with E-state index in [1.165, 1.54) is 29.7 Å². The van der Waals surface area contributed by atoms with Crippen LogP contribution in [0.25, 0.3) is 10.5 Å². The Balaban J connectivity index is 1.41. The number of hydrogen-bond acceptors (Lipinski definition) is 10. The van der Waals surface area contributed by atoms with Crippen LogP contribution in [0.3, 0.4) is 0 Å². The number of hydrogen-bond donors (Lipinski definition) is 1. The van der Waals surface area contributed by atoms with Gasteiger partial charge >= 0.3 is 0 Å². The van der Waals surface area contributed by atoms with Crippen LogP contribution in [0.15, 0.2) is 45.1 Å². The smallest absolute Gasteiger partial charge is 0.280 e. The number of carbonyl (C=O) groups excluding carboxylic acids is 1. The van der Waals surface area contributed by atoms with E-state index in [2.05, 4.69) is 41.4 Å². The fourth-order valence-corrected chi connectivity index (χ4v) is 6.08. The van der Waals surface area contributed by atoms with Crippen molar-refractivity contribution in [3.63, 3.8) is 0 Å². The van der Waals surface area contributed by atoms with Crippen LogP contribution < -0.4 is 5.32 Å². The van der Waals surface area contributed by atoms with E-state index >= 15 is 0 Å². The number of sulfone groups is 1. The molecule has 33 heavy (non-hydrogen) atoms. The quantitative estimate of drug-likeness (QED) is 0.350. The van der Waals surface area contributed by atoms with Gasteiger partial charge in [-0.25, -0.2) is 18.4 Å². The predicted molar refractivity (Wildman–Crippen MR) is 125 cm³/mol. The second kappa shape index (κ2) is 9.05. The zero-order valence-electron chi connectivity index (χ0n) is 17.1. The molecule has 0 unspecified atom stereocenters. The highest BCUT2D eigenvalue weighted by Crippen LogP contribution is 2.33. The SMILES string of the molecule is O=C(Nc1nc2ncc(Br)nc2s1)C(=NO[C@@H]1CCOC1)c1ccc(S(=O)(=O)C2CC2)cc1. The number of rotatable bonds is 7. The molecule has 2 fully saturated rings. The Hall–Kier alpha value is -2.48. The molecule has 2 aromatic heterocycles. The summed E-state index contributed by atoms with van der Waals surface area (Å²) < 4.78 is 30.8. The molecule has 3 aromatic rings. The van der Waals surface area contributed by atoms with Crippen molar-refractivity contribution in [3.8, 4) is 0 Å². The summed E-state index contributed by atoms with van der Waals surface area (Å²) >= 11 is 4.43. The zero-order chi connectivity index (χ0) is 23.0. The van der Waals surface area contributed by atoms with Crippen molar-refractivity contribution in [2.75, 3.05) is 18.5 Å². The van der Waals surface area contributed by atoms with Crippen molar-refractivity contribution >= 4 is 64.3 Å². The normalized spacial score (nSPS) is 19.1. The number of anilines is 1. The second-order valence-corrected chi connectivity index (χ2v) is 11.6. The Bertz CT molecular complexity index is 1330. The highest BCUT2D eigenvalue weighted by Gasteiger charge is 2.36. The molecular weight excluding hydrogens is 534 g/mol. The van der Waals surface area contributed by atoms with Gasteiger partial charge in [-0.3, -0.25) is 10.1 Å². The molecule has 0 spiro atoms. The van der Waals surface area contributed by atoms with Gasteiger partial charge < -0.3 is 9.57 Å². The van der Waals surface area contributed by atoms with Crippen molar-refractivity contribution < 1.29 is 22.8 Å². The summed E-state index contributed by atoms with van der Waals surface area (Å²) in [7, 11) is -3.34. The third-order valence-corrected chi connectivity index (χ3v) is 8.64. The Morgan fingerprint density at radius 1 is 1.21 bits per heavy atom. The van der Waals surface area contributed by atoms with E-state index in [1.807, 2.05) is 0 Å². The lowest BCUT2D eigenvalue weighted by Crippen LogP contribution is -2.25. The van der Waals surface area contributed by atoms with Crippen molar-refractivity contribution in [2.24, 2.45) is 5.16 Å². The molecule has 1 aromatic carbocycles. The second-order valence-electron chi connectivity index (χ2n) is 7.59. The molecule has 1 N–H and O–H groups in total. The van der Waals surface area contributed by atoms with E-state index in [4.69, 9.17) is 9.57 Å². The monoisotopic (exact) mass is 551 g/mol. The van der Waals surface area contributed by atoms with Gasteiger partial charge in [0.1, 0.15) is 4.60 Å². The van der Waals surface area contributed by atoms with Crippen LogP contribution in [0.1, 0.15) is 24.8 Å². The number of fused-ring (bicyclic) bond motifs is 1. The fraction of sp³-hybridized carbons (Fsp3) is 0.350. The molecule has 5 rings (SSSR count).